The largest absolute Gasteiger partial charge is 0.496 e. The molecule has 2 aromatic carbocycles. The van der Waals surface area contributed by atoms with Crippen LogP contribution in [0.15, 0.2) is 36.4 Å². The monoisotopic (exact) mass is 272 g/mol. The van der Waals surface area contributed by atoms with Gasteiger partial charge in [0.05, 0.1) is 19.8 Å². The Kier molecular flexibility index (Phi) is 3.94. The maximum Gasteiger partial charge on any atom is 0.335 e. The van der Waals surface area contributed by atoms with Crippen LogP contribution in [0, 0.1) is 6.92 Å². The van der Waals surface area contributed by atoms with Crippen molar-refractivity contribution in [1.82, 2.24) is 0 Å². The van der Waals surface area contributed by atoms with Crippen LogP contribution in [-0.4, -0.2) is 25.3 Å². The van der Waals surface area contributed by atoms with Crippen LogP contribution in [-0.2, 0) is 0 Å². The summed E-state index contributed by atoms with van der Waals surface area (Å²) in [5, 5.41) is 9.03. The van der Waals surface area contributed by atoms with Crippen molar-refractivity contribution in [2.45, 2.75) is 6.92 Å². The predicted octanol–water partition coefficient (Wildman–Crippen LogP) is 3.38. The Hall–Kier alpha value is -2.49. The third-order valence-corrected chi connectivity index (χ3v) is 3.09. The summed E-state index contributed by atoms with van der Waals surface area (Å²) < 4.78 is 10.7. The zero-order chi connectivity index (χ0) is 14.7. The first-order chi connectivity index (χ1) is 9.56. The van der Waals surface area contributed by atoms with Crippen LogP contribution < -0.4 is 9.47 Å². The minimum Gasteiger partial charge on any atom is -0.496 e. The summed E-state index contributed by atoms with van der Waals surface area (Å²) in [6.45, 7) is 1.99. The number of aryl methyl sites for hydroxylation is 1. The number of methoxy groups -OCH3 is 2. The maximum absolute atomic E-state index is 11.0. The zero-order valence-electron chi connectivity index (χ0n) is 11.6. The van der Waals surface area contributed by atoms with E-state index in [2.05, 4.69) is 0 Å². The first-order valence-electron chi connectivity index (χ1n) is 6.13. The Morgan fingerprint density at radius 1 is 0.950 bits per heavy atom. The number of hydrogen-bond acceptors (Lipinski definition) is 3. The average molecular weight is 272 g/mol. The summed E-state index contributed by atoms with van der Waals surface area (Å²) in [5.41, 5.74) is 2.96. The van der Waals surface area contributed by atoms with Crippen molar-refractivity contribution >= 4 is 5.97 Å². The molecule has 0 aliphatic heterocycles. The molecule has 0 bridgehead atoms. The molecule has 0 amide bonds. The van der Waals surface area contributed by atoms with Gasteiger partial charge in [-0.25, -0.2) is 4.79 Å². The minimum absolute atomic E-state index is 0.192. The van der Waals surface area contributed by atoms with E-state index in [-0.39, 0.29) is 5.56 Å². The Bertz CT molecular complexity index is 647. The average Bonchev–Trinajstić information content (AvgIpc) is 2.46. The standard InChI is InChI=1S/C16H16O4/c1-10-4-7-14(19-2)13(8-10)12-6-5-11(16(17)18)9-15(12)20-3/h4-9H,1-3H3,(H,17,18). The zero-order valence-corrected chi connectivity index (χ0v) is 11.6. The molecule has 0 aromatic heterocycles. The lowest BCUT2D eigenvalue weighted by Crippen LogP contribution is -1.98. The summed E-state index contributed by atoms with van der Waals surface area (Å²) in [5.74, 6) is 0.247. The van der Waals surface area contributed by atoms with E-state index in [1.54, 1.807) is 19.2 Å². The fourth-order valence-electron chi connectivity index (χ4n) is 2.08. The lowest BCUT2D eigenvalue weighted by atomic mass is 9.99. The third kappa shape index (κ3) is 2.59. The normalized spacial score (nSPS) is 10.2. The summed E-state index contributed by atoms with van der Waals surface area (Å²) >= 11 is 0. The van der Waals surface area contributed by atoms with Crippen molar-refractivity contribution in [3.8, 4) is 22.6 Å². The van der Waals surface area contributed by atoms with E-state index in [1.165, 1.54) is 13.2 Å². The van der Waals surface area contributed by atoms with Crippen LogP contribution in [0.2, 0.25) is 0 Å². The van der Waals surface area contributed by atoms with Gasteiger partial charge in [-0.15, -0.1) is 0 Å². The fraction of sp³-hybridized carbons (Fsp3) is 0.188. The second-order valence-electron chi connectivity index (χ2n) is 4.42. The van der Waals surface area contributed by atoms with Crippen molar-refractivity contribution in [2.75, 3.05) is 14.2 Å². The van der Waals surface area contributed by atoms with Crippen LogP contribution in [0.25, 0.3) is 11.1 Å². The van der Waals surface area contributed by atoms with Gasteiger partial charge in [0, 0.05) is 11.1 Å². The molecule has 1 N–H and O–H groups in total. The molecule has 4 heteroatoms. The smallest absolute Gasteiger partial charge is 0.335 e. The van der Waals surface area contributed by atoms with Gasteiger partial charge in [0.1, 0.15) is 11.5 Å². The molecule has 4 nitrogen and oxygen atoms in total. The highest BCUT2D eigenvalue weighted by molar-refractivity contribution is 5.90. The second kappa shape index (κ2) is 5.65. The summed E-state index contributed by atoms with van der Waals surface area (Å²) in [4.78, 5) is 11.0. The number of rotatable bonds is 4. The van der Waals surface area contributed by atoms with E-state index < -0.39 is 5.97 Å². The molecule has 0 spiro atoms. The van der Waals surface area contributed by atoms with Crippen molar-refractivity contribution in [3.05, 3.63) is 47.5 Å². The fourth-order valence-corrected chi connectivity index (χ4v) is 2.08. The number of aromatic carboxylic acids is 1. The Morgan fingerprint density at radius 2 is 1.65 bits per heavy atom. The number of carbonyl (C=O) groups is 1. The Balaban J connectivity index is 2.63. The van der Waals surface area contributed by atoms with Gasteiger partial charge in [0.2, 0.25) is 0 Å². The highest BCUT2D eigenvalue weighted by atomic mass is 16.5. The van der Waals surface area contributed by atoms with E-state index in [0.717, 1.165) is 22.4 Å². The highest BCUT2D eigenvalue weighted by Gasteiger charge is 2.14. The topological polar surface area (TPSA) is 55.8 Å². The molecule has 2 aromatic rings. The number of carboxylic acid groups (broad SMARTS) is 1. The van der Waals surface area contributed by atoms with Gasteiger partial charge < -0.3 is 14.6 Å². The molecule has 0 unspecified atom stereocenters. The number of carboxylic acids is 1. The van der Waals surface area contributed by atoms with Gasteiger partial charge in [-0.3, -0.25) is 0 Å². The molecule has 0 aliphatic rings. The van der Waals surface area contributed by atoms with Gasteiger partial charge in [-0.1, -0.05) is 11.6 Å². The molecule has 0 saturated heterocycles. The number of hydrogen-bond donors (Lipinski definition) is 1. The van der Waals surface area contributed by atoms with Crippen molar-refractivity contribution in [1.29, 1.82) is 0 Å². The molecule has 20 heavy (non-hydrogen) atoms. The summed E-state index contributed by atoms with van der Waals surface area (Å²) in [6.07, 6.45) is 0. The van der Waals surface area contributed by atoms with Crippen LogP contribution in [0.3, 0.4) is 0 Å². The van der Waals surface area contributed by atoms with E-state index in [0.29, 0.717) is 5.75 Å². The highest BCUT2D eigenvalue weighted by Crippen LogP contribution is 2.37. The quantitative estimate of drug-likeness (QED) is 0.927. The third-order valence-electron chi connectivity index (χ3n) is 3.09. The van der Waals surface area contributed by atoms with Gasteiger partial charge in [0.25, 0.3) is 0 Å². The predicted molar refractivity (Wildman–Crippen MR) is 76.7 cm³/mol. The van der Waals surface area contributed by atoms with Gasteiger partial charge >= 0.3 is 5.97 Å². The van der Waals surface area contributed by atoms with Crippen molar-refractivity contribution < 1.29 is 19.4 Å². The molecular formula is C16H16O4. The lowest BCUT2D eigenvalue weighted by Gasteiger charge is -2.13. The maximum atomic E-state index is 11.0. The van der Waals surface area contributed by atoms with Crippen molar-refractivity contribution in [3.63, 3.8) is 0 Å². The lowest BCUT2D eigenvalue weighted by molar-refractivity contribution is 0.0696. The first-order valence-corrected chi connectivity index (χ1v) is 6.13. The summed E-state index contributed by atoms with van der Waals surface area (Å²) in [6, 6.07) is 10.6. The van der Waals surface area contributed by atoms with Gasteiger partial charge in [0.15, 0.2) is 0 Å². The van der Waals surface area contributed by atoms with Crippen LogP contribution in [0.5, 0.6) is 11.5 Å². The van der Waals surface area contributed by atoms with Gasteiger partial charge in [-0.2, -0.15) is 0 Å². The Morgan fingerprint density at radius 3 is 2.25 bits per heavy atom. The second-order valence-corrected chi connectivity index (χ2v) is 4.42. The Labute approximate surface area is 117 Å². The van der Waals surface area contributed by atoms with Crippen molar-refractivity contribution in [2.24, 2.45) is 0 Å². The van der Waals surface area contributed by atoms with Gasteiger partial charge in [-0.05, 0) is 37.3 Å². The van der Waals surface area contributed by atoms with E-state index >= 15 is 0 Å². The molecule has 2 rings (SSSR count). The van der Waals surface area contributed by atoms with E-state index in [9.17, 15) is 4.79 Å². The molecule has 0 heterocycles. The number of ether oxygens (including phenoxy) is 2. The molecule has 0 radical (unpaired) electrons. The molecule has 0 saturated carbocycles. The minimum atomic E-state index is -0.981. The SMILES string of the molecule is COc1cc(C(=O)O)ccc1-c1cc(C)ccc1OC. The van der Waals surface area contributed by atoms with E-state index in [1.807, 2.05) is 25.1 Å². The van der Waals surface area contributed by atoms with Crippen LogP contribution in [0.4, 0.5) is 0 Å². The summed E-state index contributed by atoms with van der Waals surface area (Å²) in [7, 11) is 3.12. The first kappa shape index (κ1) is 13.9. The molecule has 0 aliphatic carbocycles. The number of benzene rings is 2. The molecular weight excluding hydrogens is 256 g/mol. The molecule has 0 atom stereocenters. The van der Waals surface area contributed by atoms with Crippen LogP contribution in [0.1, 0.15) is 15.9 Å². The molecule has 0 fully saturated rings. The van der Waals surface area contributed by atoms with E-state index in [4.69, 9.17) is 14.6 Å². The molecule has 104 valence electrons. The van der Waals surface area contributed by atoms with Crippen LogP contribution >= 0.6 is 0 Å².